The van der Waals surface area contributed by atoms with Gasteiger partial charge in [0.1, 0.15) is 5.82 Å². The Hall–Kier alpha value is -2.64. The standard InChI is InChI=1S/C24H20BrFN2O2S/c25-16-3-1-4-18(13-16)28-31(29,30)19-11-12-23-22(14-19)20-5-2-6-21(20)24(27-23)15-7-9-17(26)10-8-15/h1-5,7-14,20-21,24,27-28H,6H2/t20-,21+,24+/m0/s1. The molecule has 0 spiro atoms. The third-order valence-electron chi connectivity index (χ3n) is 5.95. The van der Waals surface area contributed by atoms with E-state index in [0.717, 1.165) is 27.7 Å². The molecule has 0 saturated carbocycles. The van der Waals surface area contributed by atoms with Gasteiger partial charge < -0.3 is 5.32 Å². The lowest BCUT2D eigenvalue weighted by Crippen LogP contribution is -2.29. The molecule has 3 aromatic carbocycles. The van der Waals surface area contributed by atoms with Crippen LogP contribution in [0.1, 0.15) is 29.5 Å². The second-order valence-corrected chi connectivity index (χ2v) is 10.5. The summed E-state index contributed by atoms with van der Waals surface area (Å²) in [5.41, 5.74) is 3.40. The first-order valence-electron chi connectivity index (χ1n) is 10.0. The molecule has 31 heavy (non-hydrogen) atoms. The molecule has 0 unspecified atom stereocenters. The van der Waals surface area contributed by atoms with Gasteiger partial charge in [0, 0.05) is 21.8 Å². The predicted octanol–water partition coefficient (Wildman–Crippen LogP) is 6.22. The Kier molecular flexibility index (Phi) is 5.10. The van der Waals surface area contributed by atoms with Crippen molar-refractivity contribution < 1.29 is 12.8 Å². The van der Waals surface area contributed by atoms with Crippen molar-refractivity contribution in [3.8, 4) is 0 Å². The van der Waals surface area contributed by atoms with Crippen LogP contribution in [0.15, 0.2) is 88.3 Å². The lowest BCUT2D eigenvalue weighted by molar-refractivity contribution is 0.424. The molecular formula is C24H20BrFN2O2S. The molecule has 1 heterocycles. The fraction of sp³-hybridized carbons (Fsp3) is 0.167. The van der Waals surface area contributed by atoms with Gasteiger partial charge in [-0.15, -0.1) is 0 Å². The Morgan fingerprint density at radius 2 is 1.84 bits per heavy atom. The molecular weight excluding hydrogens is 479 g/mol. The van der Waals surface area contributed by atoms with E-state index in [4.69, 9.17) is 0 Å². The zero-order chi connectivity index (χ0) is 21.6. The molecule has 1 aliphatic carbocycles. The Balaban J connectivity index is 1.49. The van der Waals surface area contributed by atoms with Gasteiger partial charge in [0.2, 0.25) is 0 Å². The average molecular weight is 499 g/mol. The average Bonchev–Trinajstić information content (AvgIpc) is 3.23. The summed E-state index contributed by atoms with van der Waals surface area (Å²) >= 11 is 3.36. The quantitative estimate of drug-likeness (QED) is 0.420. The fourth-order valence-electron chi connectivity index (χ4n) is 4.51. The molecule has 0 saturated heterocycles. The van der Waals surface area contributed by atoms with E-state index < -0.39 is 10.0 Å². The first-order valence-corrected chi connectivity index (χ1v) is 12.3. The molecule has 3 aromatic rings. The van der Waals surface area contributed by atoms with Crippen molar-refractivity contribution in [1.29, 1.82) is 0 Å². The minimum Gasteiger partial charge on any atom is -0.378 e. The molecule has 0 amide bonds. The van der Waals surface area contributed by atoms with Crippen molar-refractivity contribution >= 4 is 37.3 Å². The van der Waals surface area contributed by atoms with E-state index in [2.05, 4.69) is 38.1 Å². The molecule has 2 N–H and O–H groups in total. The summed E-state index contributed by atoms with van der Waals surface area (Å²) < 4.78 is 42.9. The lowest BCUT2D eigenvalue weighted by atomic mass is 9.77. The zero-order valence-electron chi connectivity index (χ0n) is 16.4. The second kappa shape index (κ2) is 7.80. The van der Waals surface area contributed by atoms with E-state index in [1.165, 1.54) is 12.1 Å². The number of allylic oxidation sites excluding steroid dienone is 2. The lowest BCUT2D eigenvalue weighted by Gasteiger charge is -2.37. The summed E-state index contributed by atoms with van der Waals surface area (Å²) in [6, 6.07) is 18.9. The van der Waals surface area contributed by atoms with Crippen LogP contribution in [0.3, 0.4) is 0 Å². The number of nitrogens with one attached hydrogen (secondary N) is 2. The minimum absolute atomic E-state index is 0.0374. The Bertz CT molecular complexity index is 1270. The van der Waals surface area contributed by atoms with Crippen molar-refractivity contribution in [3.05, 3.63) is 100 Å². The van der Waals surface area contributed by atoms with Crippen LogP contribution in [0.5, 0.6) is 0 Å². The van der Waals surface area contributed by atoms with Crippen molar-refractivity contribution in [2.75, 3.05) is 10.0 Å². The monoisotopic (exact) mass is 498 g/mol. The van der Waals surface area contributed by atoms with Gasteiger partial charge in [0.25, 0.3) is 10.0 Å². The number of hydrogen-bond donors (Lipinski definition) is 2. The summed E-state index contributed by atoms with van der Waals surface area (Å²) in [5.74, 6) is 0.0927. The Morgan fingerprint density at radius 1 is 1.03 bits per heavy atom. The molecule has 3 atom stereocenters. The van der Waals surface area contributed by atoms with Crippen molar-refractivity contribution in [2.45, 2.75) is 23.3 Å². The molecule has 0 bridgehead atoms. The van der Waals surface area contributed by atoms with E-state index in [1.54, 1.807) is 30.3 Å². The van der Waals surface area contributed by atoms with E-state index in [9.17, 15) is 12.8 Å². The summed E-state index contributed by atoms with van der Waals surface area (Å²) in [6.07, 6.45) is 5.18. The highest BCUT2D eigenvalue weighted by Crippen LogP contribution is 2.50. The van der Waals surface area contributed by atoms with E-state index in [1.807, 2.05) is 24.3 Å². The first kappa shape index (κ1) is 20.3. The Labute approximate surface area is 189 Å². The number of rotatable bonds is 4. The molecule has 158 valence electrons. The molecule has 4 nitrogen and oxygen atoms in total. The molecule has 7 heteroatoms. The third kappa shape index (κ3) is 3.88. The number of hydrogen-bond acceptors (Lipinski definition) is 3. The molecule has 0 aromatic heterocycles. The number of fused-ring (bicyclic) bond motifs is 3. The van der Waals surface area contributed by atoms with Gasteiger partial charge in [-0.3, -0.25) is 4.72 Å². The maximum atomic E-state index is 13.4. The number of sulfonamides is 1. The van der Waals surface area contributed by atoms with Gasteiger partial charge in [0.05, 0.1) is 10.9 Å². The van der Waals surface area contributed by atoms with Gasteiger partial charge in [-0.05, 0) is 72.0 Å². The normalized spacial score (nSPS) is 21.8. The summed E-state index contributed by atoms with van der Waals surface area (Å²) in [6.45, 7) is 0. The minimum atomic E-state index is -3.73. The van der Waals surface area contributed by atoms with Gasteiger partial charge >= 0.3 is 0 Å². The maximum absolute atomic E-state index is 13.4. The topological polar surface area (TPSA) is 58.2 Å². The van der Waals surface area contributed by atoms with Crippen LogP contribution in [0.2, 0.25) is 0 Å². The maximum Gasteiger partial charge on any atom is 0.261 e. The van der Waals surface area contributed by atoms with Crippen LogP contribution in [0, 0.1) is 11.7 Å². The Morgan fingerprint density at radius 3 is 2.61 bits per heavy atom. The van der Waals surface area contributed by atoms with E-state index >= 15 is 0 Å². The van der Waals surface area contributed by atoms with Gasteiger partial charge in [-0.25, -0.2) is 12.8 Å². The molecule has 2 aliphatic rings. The van der Waals surface area contributed by atoms with E-state index in [0.29, 0.717) is 5.69 Å². The predicted molar refractivity (Wildman–Crippen MR) is 124 cm³/mol. The second-order valence-electron chi connectivity index (χ2n) is 7.89. The van der Waals surface area contributed by atoms with Crippen LogP contribution in [-0.2, 0) is 10.0 Å². The van der Waals surface area contributed by atoms with Crippen molar-refractivity contribution in [1.82, 2.24) is 0 Å². The summed E-state index contributed by atoms with van der Waals surface area (Å²) in [7, 11) is -3.73. The van der Waals surface area contributed by atoms with Gasteiger partial charge in [-0.2, -0.15) is 0 Å². The van der Waals surface area contributed by atoms with Crippen molar-refractivity contribution in [3.63, 3.8) is 0 Å². The van der Waals surface area contributed by atoms with E-state index in [-0.39, 0.29) is 28.6 Å². The van der Waals surface area contributed by atoms with Crippen LogP contribution in [0.25, 0.3) is 0 Å². The number of halogens is 2. The van der Waals surface area contributed by atoms with Gasteiger partial charge in [0.15, 0.2) is 0 Å². The summed E-state index contributed by atoms with van der Waals surface area (Å²) in [4.78, 5) is 0.229. The summed E-state index contributed by atoms with van der Waals surface area (Å²) in [5, 5.41) is 3.56. The highest BCUT2D eigenvalue weighted by atomic mass is 79.9. The largest absolute Gasteiger partial charge is 0.378 e. The zero-order valence-corrected chi connectivity index (χ0v) is 18.8. The van der Waals surface area contributed by atoms with Gasteiger partial charge in [-0.1, -0.05) is 46.3 Å². The molecule has 0 radical (unpaired) electrons. The highest BCUT2D eigenvalue weighted by Gasteiger charge is 2.38. The van der Waals surface area contributed by atoms with Crippen molar-refractivity contribution in [2.24, 2.45) is 5.92 Å². The molecule has 5 rings (SSSR count). The highest BCUT2D eigenvalue weighted by molar-refractivity contribution is 9.10. The third-order valence-corrected chi connectivity index (χ3v) is 7.82. The van der Waals surface area contributed by atoms with Crippen LogP contribution in [0.4, 0.5) is 15.8 Å². The smallest absolute Gasteiger partial charge is 0.261 e. The fourth-order valence-corrected chi connectivity index (χ4v) is 5.99. The number of benzene rings is 3. The number of anilines is 2. The molecule has 1 aliphatic heterocycles. The first-order chi connectivity index (χ1) is 14.9. The van der Waals surface area contributed by atoms with Crippen LogP contribution < -0.4 is 10.0 Å². The SMILES string of the molecule is O=S(=O)(Nc1cccc(Br)c1)c1ccc2c(c1)[C@H]1C=CC[C@H]1[C@@H](c1ccc(F)cc1)N2. The van der Waals surface area contributed by atoms with Crippen LogP contribution >= 0.6 is 15.9 Å². The molecule has 0 fully saturated rings. The van der Waals surface area contributed by atoms with Crippen LogP contribution in [-0.4, -0.2) is 8.42 Å².